The second kappa shape index (κ2) is 7.04. The van der Waals surface area contributed by atoms with Crippen molar-refractivity contribution in [3.05, 3.63) is 51.7 Å². The maximum atomic E-state index is 12.8. The van der Waals surface area contributed by atoms with Gasteiger partial charge < -0.3 is 10.4 Å². The number of alkyl halides is 3. The zero-order valence-corrected chi connectivity index (χ0v) is 13.2. The lowest BCUT2D eigenvalue weighted by Crippen LogP contribution is -2.09. The van der Waals surface area contributed by atoms with Crippen LogP contribution >= 0.6 is 11.3 Å². The summed E-state index contributed by atoms with van der Waals surface area (Å²) in [6.45, 7) is 1.90. The highest BCUT2D eigenvalue weighted by atomic mass is 32.1. The first-order valence-electron chi connectivity index (χ1n) is 6.95. The number of halogens is 3. The van der Waals surface area contributed by atoms with Gasteiger partial charge in [0.2, 0.25) is 0 Å². The zero-order valence-electron chi connectivity index (χ0n) is 12.4. The molecule has 7 heteroatoms. The van der Waals surface area contributed by atoms with Crippen LogP contribution in [0.15, 0.2) is 35.0 Å². The summed E-state index contributed by atoms with van der Waals surface area (Å²) in [7, 11) is 0. The molecule has 2 N–H and O–H groups in total. The highest BCUT2D eigenvalue weighted by molar-refractivity contribution is 7.08. The lowest BCUT2D eigenvalue weighted by Gasteiger charge is -2.12. The second-order valence-electron chi connectivity index (χ2n) is 5.28. The van der Waals surface area contributed by atoms with E-state index in [1.807, 2.05) is 6.92 Å². The maximum absolute atomic E-state index is 12.8. The van der Waals surface area contributed by atoms with E-state index < -0.39 is 17.7 Å². The number of hydrogen-bond acceptors (Lipinski definition) is 3. The number of nitrogens with one attached hydrogen (secondary N) is 1. The summed E-state index contributed by atoms with van der Waals surface area (Å²) in [5.74, 6) is -0.980. The molecule has 1 heterocycles. The van der Waals surface area contributed by atoms with Gasteiger partial charge in [0.1, 0.15) is 0 Å². The Hall–Kier alpha value is -2.02. The van der Waals surface area contributed by atoms with Crippen molar-refractivity contribution in [3.8, 4) is 0 Å². The lowest BCUT2D eigenvalue weighted by molar-refractivity contribution is -0.138. The summed E-state index contributed by atoms with van der Waals surface area (Å²) in [6.07, 6.45) is -4.30. The number of anilines is 1. The molecule has 0 bridgehead atoms. The lowest BCUT2D eigenvalue weighted by atomic mass is 9.98. The molecule has 1 atom stereocenters. The quantitative estimate of drug-likeness (QED) is 0.779. The Labute approximate surface area is 135 Å². The smallest absolute Gasteiger partial charge is 0.417 e. The van der Waals surface area contributed by atoms with E-state index in [0.717, 1.165) is 22.3 Å². The number of hydrogen-bond donors (Lipinski definition) is 2. The SMILES string of the molecule is CC(CC(=O)O)c1ccc(NCc2cscc2C(F)(F)F)cc1. The topological polar surface area (TPSA) is 49.3 Å². The fourth-order valence-corrected chi connectivity index (χ4v) is 3.08. The highest BCUT2D eigenvalue weighted by Gasteiger charge is 2.33. The summed E-state index contributed by atoms with van der Waals surface area (Å²) in [5.41, 5.74) is 1.17. The van der Waals surface area contributed by atoms with Crippen LogP contribution in [0.25, 0.3) is 0 Å². The molecule has 0 aliphatic rings. The first kappa shape index (κ1) is 17.3. The summed E-state index contributed by atoms with van der Waals surface area (Å²) in [4.78, 5) is 10.7. The van der Waals surface area contributed by atoms with E-state index in [0.29, 0.717) is 5.69 Å². The van der Waals surface area contributed by atoms with Crippen molar-refractivity contribution in [3.63, 3.8) is 0 Å². The number of thiophene rings is 1. The van der Waals surface area contributed by atoms with Crippen LogP contribution in [0.5, 0.6) is 0 Å². The van der Waals surface area contributed by atoms with Crippen LogP contribution in [0.4, 0.5) is 18.9 Å². The van der Waals surface area contributed by atoms with Crippen molar-refractivity contribution in [1.82, 2.24) is 0 Å². The summed E-state index contributed by atoms with van der Waals surface area (Å²) < 4.78 is 38.4. The molecule has 0 amide bonds. The molecule has 1 unspecified atom stereocenters. The molecule has 2 aromatic rings. The molecule has 3 nitrogen and oxygen atoms in total. The number of carboxylic acid groups (broad SMARTS) is 1. The minimum absolute atomic E-state index is 0.0383. The normalized spacial score (nSPS) is 12.9. The fourth-order valence-electron chi connectivity index (χ4n) is 2.22. The molecule has 0 radical (unpaired) electrons. The molecule has 0 aliphatic carbocycles. The number of aliphatic carboxylic acids is 1. The van der Waals surface area contributed by atoms with Crippen molar-refractivity contribution in [1.29, 1.82) is 0 Å². The van der Waals surface area contributed by atoms with Crippen LogP contribution in [0.2, 0.25) is 0 Å². The first-order valence-corrected chi connectivity index (χ1v) is 7.89. The van der Waals surface area contributed by atoms with Gasteiger partial charge in [-0.3, -0.25) is 4.79 Å². The van der Waals surface area contributed by atoms with Crippen LogP contribution in [0.3, 0.4) is 0 Å². The number of rotatable bonds is 6. The van der Waals surface area contributed by atoms with Gasteiger partial charge in [-0.2, -0.15) is 24.5 Å². The molecular weight excluding hydrogens is 327 g/mol. The van der Waals surface area contributed by atoms with Gasteiger partial charge >= 0.3 is 12.1 Å². The Bertz CT molecular complexity index is 665. The van der Waals surface area contributed by atoms with E-state index in [4.69, 9.17) is 5.11 Å². The monoisotopic (exact) mass is 343 g/mol. The van der Waals surface area contributed by atoms with Crippen molar-refractivity contribution in [2.75, 3.05) is 5.32 Å². The molecular formula is C16H16F3NO2S. The average molecular weight is 343 g/mol. The van der Waals surface area contributed by atoms with Crippen LogP contribution in [0, 0.1) is 0 Å². The Morgan fingerprint density at radius 2 is 1.91 bits per heavy atom. The third-order valence-electron chi connectivity index (χ3n) is 3.49. The molecule has 0 saturated heterocycles. The third kappa shape index (κ3) is 4.72. The Morgan fingerprint density at radius 3 is 2.48 bits per heavy atom. The van der Waals surface area contributed by atoms with E-state index in [1.165, 1.54) is 5.38 Å². The van der Waals surface area contributed by atoms with Gasteiger partial charge in [-0.1, -0.05) is 19.1 Å². The van der Waals surface area contributed by atoms with Gasteiger partial charge in [0.25, 0.3) is 0 Å². The number of benzene rings is 1. The molecule has 1 aromatic carbocycles. The maximum Gasteiger partial charge on any atom is 0.417 e. The van der Waals surface area contributed by atoms with Gasteiger partial charge in [-0.15, -0.1) is 0 Å². The predicted octanol–water partition coefficient (Wildman–Crippen LogP) is 4.96. The second-order valence-corrected chi connectivity index (χ2v) is 6.03. The number of carbonyl (C=O) groups is 1. The molecule has 124 valence electrons. The van der Waals surface area contributed by atoms with Gasteiger partial charge in [0, 0.05) is 17.6 Å². The van der Waals surface area contributed by atoms with Crippen molar-refractivity contribution in [2.24, 2.45) is 0 Å². The standard InChI is InChI=1S/C16H16F3NO2S/c1-10(6-15(21)22)11-2-4-13(5-3-11)20-7-12-8-23-9-14(12)16(17,18)19/h2-5,8-10,20H,6-7H2,1H3,(H,21,22). The molecule has 23 heavy (non-hydrogen) atoms. The average Bonchev–Trinajstić information content (AvgIpc) is 2.93. The third-order valence-corrected chi connectivity index (χ3v) is 4.28. The van der Waals surface area contributed by atoms with Crippen LogP contribution < -0.4 is 5.32 Å². The zero-order chi connectivity index (χ0) is 17.0. The van der Waals surface area contributed by atoms with Crippen molar-refractivity contribution in [2.45, 2.75) is 32.0 Å². The Morgan fingerprint density at radius 1 is 1.26 bits per heavy atom. The van der Waals surface area contributed by atoms with E-state index >= 15 is 0 Å². The predicted molar refractivity (Wildman–Crippen MR) is 83.8 cm³/mol. The first-order chi connectivity index (χ1) is 10.8. The van der Waals surface area contributed by atoms with E-state index in [1.54, 1.807) is 24.3 Å². The molecule has 2 rings (SSSR count). The molecule has 0 saturated carbocycles. The largest absolute Gasteiger partial charge is 0.481 e. The van der Waals surface area contributed by atoms with E-state index in [2.05, 4.69) is 5.32 Å². The molecule has 0 aliphatic heterocycles. The highest BCUT2D eigenvalue weighted by Crippen LogP contribution is 2.34. The van der Waals surface area contributed by atoms with E-state index in [9.17, 15) is 18.0 Å². The molecule has 0 spiro atoms. The van der Waals surface area contributed by atoms with Crippen LogP contribution in [-0.2, 0) is 17.5 Å². The molecule has 0 fully saturated rings. The van der Waals surface area contributed by atoms with Gasteiger partial charge in [0.05, 0.1) is 12.0 Å². The summed E-state index contributed by atoms with van der Waals surface area (Å²) in [5, 5.41) is 14.3. The Balaban J connectivity index is 2.00. The van der Waals surface area contributed by atoms with Gasteiger partial charge in [-0.05, 0) is 34.6 Å². The van der Waals surface area contributed by atoms with Gasteiger partial charge in [-0.25, -0.2) is 0 Å². The summed E-state index contributed by atoms with van der Waals surface area (Å²) >= 11 is 1.02. The van der Waals surface area contributed by atoms with Gasteiger partial charge in [0.15, 0.2) is 0 Å². The van der Waals surface area contributed by atoms with Crippen LogP contribution in [0.1, 0.15) is 36.0 Å². The fraction of sp³-hybridized carbons (Fsp3) is 0.312. The Kier molecular flexibility index (Phi) is 5.30. The van der Waals surface area contributed by atoms with Crippen molar-refractivity contribution >= 4 is 23.0 Å². The minimum Gasteiger partial charge on any atom is -0.481 e. The summed E-state index contributed by atoms with van der Waals surface area (Å²) in [6, 6.07) is 7.06. The van der Waals surface area contributed by atoms with Crippen molar-refractivity contribution < 1.29 is 23.1 Å². The van der Waals surface area contributed by atoms with E-state index in [-0.39, 0.29) is 24.4 Å². The molecule has 1 aromatic heterocycles. The minimum atomic E-state index is -4.34. The van der Waals surface area contributed by atoms with Crippen LogP contribution in [-0.4, -0.2) is 11.1 Å². The number of carboxylic acids is 1.